The van der Waals surface area contributed by atoms with Gasteiger partial charge in [0, 0.05) is 13.1 Å². The average Bonchev–Trinajstić information content (AvgIpc) is 2.45. The van der Waals surface area contributed by atoms with E-state index in [1.54, 1.807) is 0 Å². The van der Waals surface area contributed by atoms with Crippen molar-refractivity contribution in [3.8, 4) is 0 Å². The lowest BCUT2D eigenvalue weighted by Gasteiger charge is -2.38. The minimum absolute atomic E-state index is 0.256. The SMILES string of the molecule is CC[C@H]1CN(CCC(=O)O)CC[C@@H]1c1ccccc1. The molecule has 2 rings (SSSR count). The maximum atomic E-state index is 10.7. The van der Waals surface area contributed by atoms with Gasteiger partial charge in [-0.2, -0.15) is 0 Å². The van der Waals surface area contributed by atoms with Crippen molar-refractivity contribution in [2.45, 2.75) is 32.1 Å². The van der Waals surface area contributed by atoms with E-state index in [1.165, 1.54) is 5.56 Å². The molecule has 1 N–H and O–H groups in total. The summed E-state index contributed by atoms with van der Waals surface area (Å²) in [5, 5.41) is 8.77. The van der Waals surface area contributed by atoms with Crippen molar-refractivity contribution in [3.63, 3.8) is 0 Å². The van der Waals surface area contributed by atoms with Crippen LogP contribution in [-0.4, -0.2) is 35.6 Å². The Kier molecular flexibility index (Phi) is 4.97. The Morgan fingerprint density at radius 3 is 2.74 bits per heavy atom. The van der Waals surface area contributed by atoms with Gasteiger partial charge in [-0.05, 0) is 30.4 Å². The van der Waals surface area contributed by atoms with E-state index in [-0.39, 0.29) is 6.42 Å². The summed E-state index contributed by atoms with van der Waals surface area (Å²) >= 11 is 0. The quantitative estimate of drug-likeness (QED) is 0.886. The highest BCUT2D eigenvalue weighted by Gasteiger charge is 2.28. The van der Waals surface area contributed by atoms with Crippen LogP contribution in [0.25, 0.3) is 0 Å². The molecular weight excluding hydrogens is 238 g/mol. The molecule has 1 aromatic rings. The van der Waals surface area contributed by atoms with Gasteiger partial charge in [-0.3, -0.25) is 4.79 Å². The van der Waals surface area contributed by atoms with Crippen molar-refractivity contribution >= 4 is 5.97 Å². The summed E-state index contributed by atoms with van der Waals surface area (Å²) in [5.74, 6) is 0.579. The van der Waals surface area contributed by atoms with Gasteiger partial charge in [0.15, 0.2) is 0 Å². The fourth-order valence-electron chi connectivity index (χ4n) is 3.12. The zero-order chi connectivity index (χ0) is 13.7. The van der Waals surface area contributed by atoms with Crippen molar-refractivity contribution in [2.75, 3.05) is 19.6 Å². The van der Waals surface area contributed by atoms with E-state index in [9.17, 15) is 4.79 Å². The van der Waals surface area contributed by atoms with Gasteiger partial charge in [0.25, 0.3) is 0 Å². The molecule has 1 fully saturated rings. The molecule has 19 heavy (non-hydrogen) atoms. The summed E-state index contributed by atoms with van der Waals surface area (Å²) in [4.78, 5) is 13.0. The van der Waals surface area contributed by atoms with Crippen LogP contribution in [0.1, 0.15) is 37.7 Å². The third kappa shape index (κ3) is 3.80. The van der Waals surface area contributed by atoms with Crippen molar-refractivity contribution in [3.05, 3.63) is 35.9 Å². The van der Waals surface area contributed by atoms with Gasteiger partial charge in [0.1, 0.15) is 0 Å². The number of likely N-dealkylation sites (tertiary alicyclic amines) is 1. The molecule has 0 saturated carbocycles. The van der Waals surface area contributed by atoms with E-state index in [4.69, 9.17) is 5.11 Å². The highest BCUT2D eigenvalue weighted by atomic mass is 16.4. The normalized spacial score (nSPS) is 24.3. The van der Waals surface area contributed by atoms with Crippen LogP contribution in [0.5, 0.6) is 0 Å². The van der Waals surface area contributed by atoms with E-state index in [2.05, 4.69) is 42.2 Å². The predicted octanol–water partition coefficient (Wildman–Crippen LogP) is 2.98. The number of carbonyl (C=O) groups is 1. The van der Waals surface area contributed by atoms with E-state index in [0.29, 0.717) is 18.4 Å². The fourth-order valence-corrected chi connectivity index (χ4v) is 3.12. The lowest BCUT2D eigenvalue weighted by Crippen LogP contribution is -2.40. The number of hydrogen-bond acceptors (Lipinski definition) is 2. The molecule has 1 aliphatic heterocycles. The van der Waals surface area contributed by atoms with Gasteiger partial charge in [-0.1, -0.05) is 43.7 Å². The van der Waals surface area contributed by atoms with Gasteiger partial charge in [0.2, 0.25) is 0 Å². The van der Waals surface area contributed by atoms with Crippen molar-refractivity contribution in [1.29, 1.82) is 0 Å². The number of benzene rings is 1. The maximum absolute atomic E-state index is 10.7. The Bertz CT molecular complexity index is 404. The third-order valence-electron chi connectivity index (χ3n) is 4.21. The third-order valence-corrected chi connectivity index (χ3v) is 4.21. The number of piperidine rings is 1. The molecule has 0 aromatic heterocycles. The maximum Gasteiger partial charge on any atom is 0.304 e. The molecule has 104 valence electrons. The Labute approximate surface area is 115 Å². The summed E-state index contributed by atoms with van der Waals surface area (Å²) in [7, 11) is 0. The molecule has 1 aliphatic rings. The van der Waals surface area contributed by atoms with Crippen molar-refractivity contribution in [2.24, 2.45) is 5.92 Å². The summed E-state index contributed by atoms with van der Waals surface area (Å²) < 4.78 is 0. The Morgan fingerprint density at radius 2 is 2.11 bits per heavy atom. The van der Waals surface area contributed by atoms with Crippen LogP contribution in [-0.2, 0) is 4.79 Å². The van der Waals surface area contributed by atoms with E-state index in [0.717, 1.165) is 25.9 Å². The molecule has 1 heterocycles. The molecule has 3 heteroatoms. The molecule has 0 amide bonds. The first-order valence-corrected chi connectivity index (χ1v) is 7.19. The first kappa shape index (κ1) is 14.1. The van der Waals surface area contributed by atoms with Gasteiger partial charge in [-0.25, -0.2) is 0 Å². The van der Waals surface area contributed by atoms with Gasteiger partial charge < -0.3 is 10.0 Å². The Balaban J connectivity index is 1.97. The van der Waals surface area contributed by atoms with Crippen LogP contribution in [0, 0.1) is 5.92 Å². The minimum atomic E-state index is -0.696. The van der Waals surface area contributed by atoms with Crippen LogP contribution >= 0.6 is 0 Å². The molecule has 2 atom stereocenters. The fraction of sp³-hybridized carbons (Fsp3) is 0.562. The van der Waals surface area contributed by atoms with Crippen LogP contribution in [0.15, 0.2) is 30.3 Å². The second-order valence-electron chi connectivity index (χ2n) is 5.42. The second-order valence-corrected chi connectivity index (χ2v) is 5.42. The molecule has 0 radical (unpaired) electrons. The lowest BCUT2D eigenvalue weighted by atomic mass is 9.79. The highest BCUT2D eigenvalue weighted by molar-refractivity contribution is 5.66. The molecular formula is C16H23NO2. The van der Waals surface area contributed by atoms with Gasteiger partial charge in [0.05, 0.1) is 6.42 Å². The summed E-state index contributed by atoms with van der Waals surface area (Å²) in [6.07, 6.45) is 2.55. The van der Waals surface area contributed by atoms with E-state index >= 15 is 0 Å². The number of nitrogens with zero attached hydrogens (tertiary/aromatic N) is 1. The lowest BCUT2D eigenvalue weighted by molar-refractivity contribution is -0.137. The number of hydrogen-bond donors (Lipinski definition) is 1. The molecule has 1 aromatic carbocycles. The largest absolute Gasteiger partial charge is 0.481 e. The topological polar surface area (TPSA) is 40.5 Å². The summed E-state index contributed by atoms with van der Waals surface area (Å²) in [6, 6.07) is 10.7. The summed E-state index contributed by atoms with van der Waals surface area (Å²) in [6.45, 7) is 4.97. The monoisotopic (exact) mass is 261 g/mol. The number of carboxylic acid groups (broad SMARTS) is 1. The molecule has 0 spiro atoms. The number of rotatable bonds is 5. The number of carboxylic acids is 1. The van der Waals surface area contributed by atoms with Crippen LogP contribution in [0.2, 0.25) is 0 Å². The molecule has 0 bridgehead atoms. The number of aliphatic carboxylic acids is 1. The summed E-state index contributed by atoms with van der Waals surface area (Å²) in [5.41, 5.74) is 1.44. The second kappa shape index (κ2) is 6.71. The van der Waals surface area contributed by atoms with Crippen molar-refractivity contribution in [1.82, 2.24) is 4.90 Å². The van der Waals surface area contributed by atoms with Crippen LogP contribution < -0.4 is 0 Å². The molecule has 0 aliphatic carbocycles. The van der Waals surface area contributed by atoms with Gasteiger partial charge >= 0.3 is 5.97 Å². The van der Waals surface area contributed by atoms with E-state index < -0.39 is 5.97 Å². The predicted molar refractivity (Wildman–Crippen MR) is 76.3 cm³/mol. The zero-order valence-corrected chi connectivity index (χ0v) is 11.6. The Morgan fingerprint density at radius 1 is 1.37 bits per heavy atom. The average molecular weight is 261 g/mol. The zero-order valence-electron chi connectivity index (χ0n) is 11.6. The van der Waals surface area contributed by atoms with Crippen LogP contribution in [0.3, 0.4) is 0 Å². The first-order chi connectivity index (χ1) is 9.20. The first-order valence-electron chi connectivity index (χ1n) is 7.19. The molecule has 3 nitrogen and oxygen atoms in total. The van der Waals surface area contributed by atoms with E-state index in [1.807, 2.05) is 0 Å². The molecule has 0 unspecified atom stereocenters. The van der Waals surface area contributed by atoms with Crippen LogP contribution in [0.4, 0.5) is 0 Å². The smallest absolute Gasteiger partial charge is 0.304 e. The minimum Gasteiger partial charge on any atom is -0.481 e. The Hall–Kier alpha value is -1.35. The van der Waals surface area contributed by atoms with Crippen molar-refractivity contribution < 1.29 is 9.90 Å². The molecule has 1 saturated heterocycles. The highest BCUT2D eigenvalue weighted by Crippen LogP contribution is 2.34. The van der Waals surface area contributed by atoms with Gasteiger partial charge in [-0.15, -0.1) is 0 Å². The standard InChI is InChI=1S/C16H23NO2/c1-2-13-12-17(11-9-16(18)19)10-8-15(13)14-6-4-3-5-7-14/h3-7,13,15H,2,8-12H2,1H3,(H,18,19)/t13-,15-/m0/s1.